The zero-order valence-corrected chi connectivity index (χ0v) is 20.9. The van der Waals surface area contributed by atoms with Crippen LogP contribution < -0.4 is 29.6 Å². The van der Waals surface area contributed by atoms with E-state index in [2.05, 4.69) is 53.7 Å². The molecule has 0 aromatic heterocycles. The van der Waals surface area contributed by atoms with E-state index in [1.54, 1.807) is 14.2 Å². The maximum atomic E-state index is 6.70. The highest BCUT2D eigenvalue weighted by Gasteiger charge is 2.55. The second-order valence-electron chi connectivity index (χ2n) is 9.71. The van der Waals surface area contributed by atoms with Gasteiger partial charge in [0.05, 0.1) is 24.8 Å². The number of benzene rings is 2. The number of methoxy groups -OCH3 is 2. The number of ether oxygens (including phenoxy) is 4. The van der Waals surface area contributed by atoms with E-state index in [9.17, 15) is 0 Å². The Morgan fingerprint density at radius 1 is 0.667 bits per heavy atom. The maximum absolute atomic E-state index is 6.70. The summed E-state index contributed by atoms with van der Waals surface area (Å²) < 4.78 is 24.9. The summed E-state index contributed by atoms with van der Waals surface area (Å²) >= 11 is 0. The first-order valence-corrected chi connectivity index (χ1v) is 13.2. The van der Waals surface area contributed by atoms with E-state index >= 15 is 0 Å². The van der Waals surface area contributed by atoms with Crippen molar-refractivity contribution in [2.45, 2.75) is 63.5 Å². The highest BCUT2D eigenvalue weighted by molar-refractivity contribution is 7.72. The summed E-state index contributed by atoms with van der Waals surface area (Å²) in [4.78, 5) is 0. The second-order valence-corrected chi connectivity index (χ2v) is 15.8. The molecule has 6 heteroatoms. The molecule has 0 bridgehead atoms. The Morgan fingerprint density at radius 3 is 1.33 bits per heavy atom. The van der Waals surface area contributed by atoms with Gasteiger partial charge in [-0.25, -0.2) is 0 Å². The largest absolute Gasteiger partial charge is 0.496 e. The van der Waals surface area contributed by atoms with E-state index in [4.69, 9.17) is 18.9 Å². The van der Waals surface area contributed by atoms with Crippen LogP contribution in [0.1, 0.15) is 41.5 Å². The topological polar surface area (TPSA) is 36.9 Å². The van der Waals surface area contributed by atoms with E-state index in [0.29, 0.717) is 0 Å². The van der Waals surface area contributed by atoms with E-state index in [0.717, 1.165) is 23.0 Å². The Morgan fingerprint density at radius 2 is 1.03 bits per heavy atom. The Bertz CT molecular complexity index is 868. The highest BCUT2D eigenvalue weighted by Crippen LogP contribution is 2.69. The molecule has 162 valence electrons. The van der Waals surface area contributed by atoms with Crippen molar-refractivity contribution in [1.82, 2.24) is 0 Å². The van der Waals surface area contributed by atoms with Gasteiger partial charge in [0.2, 0.25) is 0 Å². The van der Waals surface area contributed by atoms with Gasteiger partial charge in [0, 0.05) is 0 Å². The van der Waals surface area contributed by atoms with Gasteiger partial charge in [0.25, 0.3) is 0 Å². The van der Waals surface area contributed by atoms with Crippen LogP contribution in [-0.2, 0) is 0 Å². The molecule has 2 aromatic rings. The molecule has 0 saturated heterocycles. The number of fused-ring (bicyclic) bond motifs is 2. The van der Waals surface area contributed by atoms with Crippen molar-refractivity contribution in [3.8, 4) is 23.0 Å². The smallest absolute Gasteiger partial charge is 0.162 e. The molecule has 0 aliphatic carbocycles. The van der Waals surface area contributed by atoms with E-state index in [-0.39, 0.29) is 22.0 Å². The number of hydrogen-bond donors (Lipinski definition) is 0. The second kappa shape index (κ2) is 7.57. The lowest BCUT2D eigenvalue weighted by Gasteiger charge is -2.39. The van der Waals surface area contributed by atoms with Crippen molar-refractivity contribution >= 4 is 26.5 Å². The lowest BCUT2D eigenvalue weighted by molar-refractivity contribution is 0.171. The van der Waals surface area contributed by atoms with E-state index < -0.39 is 15.8 Å². The predicted octanol–water partition coefficient (Wildman–Crippen LogP) is 5.65. The van der Waals surface area contributed by atoms with Crippen molar-refractivity contribution in [2.24, 2.45) is 0 Å². The van der Waals surface area contributed by atoms with Gasteiger partial charge in [-0.15, -0.1) is 0 Å². The van der Waals surface area contributed by atoms with Gasteiger partial charge < -0.3 is 18.9 Å². The first kappa shape index (κ1) is 21.7. The average molecular weight is 446 g/mol. The van der Waals surface area contributed by atoms with E-state index in [1.165, 1.54) is 10.6 Å². The highest BCUT2D eigenvalue weighted by atomic mass is 31.1. The monoisotopic (exact) mass is 446 g/mol. The SMILES string of the molecule is COc1cccc2c1[P@@](C(C)(C)C)C([C@H]1Oc3cccc(OC)c3[P@]1C(C)(C)C)O2. The van der Waals surface area contributed by atoms with Crippen LogP contribution in [0.3, 0.4) is 0 Å². The minimum atomic E-state index is -0.690. The summed E-state index contributed by atoms with van der Waals surface area (Å²) in [6.07, 6.45) is 0. The molecule has 4 nitrogen and oxygen atoms in total. The minimum absolute atomic E-state index is 0.0336. The summed E-state index contributed by atoms with van der Waals surface area (Å²) in [5.74, 6) is 3.66. The molecule has 0 saturated carbocycles. The standard InChI is InChI=1S/C24H32O4P2/c1-23(2,3)29-19-15(25-7)11-9-13-17(19)27-21(29)22-28-18-14-10-12-16(26-8)20(18)30(22)24(4,5)6/h9-14,21-22H,1-8H3/t21-,22?,29-,30+/m0/s1. The van der Waals surface area contributed by atoms with Crippen LogP contribution in [0, 0.1) is 0 Å². The van der Waals surface area contributed by atoms with Gasteiger partial charge in [-0.05, 0) is 50.4 Å². The van der Waals surface area contributed by atoms with E-state index in [1.807, 2.05) is 24.3 Å². The average Bonchev–Trinajstić information content (AvgIpc) is 3.25. The summed E-state index contributed by atoms with van der Waals surface area (Å²) in [5.41, 5.74) is 0. The summed E-state index contributed by atoms with van der Waals surface area (Å²) in [6.45, 7) is 13.8. The van der Waals surface area contributed by atoms with Gasteiger partial charge in [0.15, 0.2) is 11.7 Å². The molecule has 0 amide bonds. The third-order valence-electron chi connectivity index (χ3n) is 5.54. The van der Waals surface area contributed by atoms with Gasteiger partial charge in [-0.1, -0.05) is 53.7 Å². The molecule has 0 radical (unpaired) electrons. The fourth-order valence-corrected chi connectivity index (χ4v) is 11.2. The quantitative estimate of drug-likeness (QED) is 0.571. The van der Waals surface area contributed by atoms with Gasteiger partial charge in [0.1, 0.15) is 23.0 Å². The predicted molar refractivity (Wildman–Crippen MR) is 127 cm³/mol. The zero-order chi connectivity index (χ0) is 21.8. The van der Waals surface area contributed by atoms with Crippen molar-refractivity contribution in [2.75, 3.05) is 14.2 Å². The molecule has 0 fully saturated rings. The Kier molecular flexibility index (Phi) is 5.48. The lowest BCUT2D eigenvalue weighted by atomic mass is 10.2. The maximum Gasteiger partial charge on any atom is 0.162 e. The third kappa shape index (κ3) is 3.47. The molecule has 2 heterocycles. The molecule has 0 spiro atoms. The third-order valence-corrected chi connectivity index (χ3v) is 12.3. The van der Waals surface area contributed by atoms with Crippen LogP contribution in [0.25, 0.3) is 0 Å². The first-order chi connectivity index (χ1) is 14.1. The molecule has 4 atom stereocenters. The minimum Gasteiger partial charge on any atom is -0.496 e. The van der Waals surface area contributed by atoms with Crippen molar-refractivity contribution in [1.29, 1.82) is 0 Å². The fourth-order valence-electron chi connectivity index (χ4n) is 4.42. The molecule has 1 unspecified atom stereocenters. The molecule has 2 aliphatic heterocycles. The molecule has 0 N–H and O–H groups in total. The first-order valence-electron chi connectivity index (χ1n) is 10.3. The fraction of sp³-hybridized carbons (Fsp3) is 0.500. The van der Waals surface area contributed by atoms with Crippen molar-refractivity contribution < 1.29 is 18.9 Å². The number of hydrogen-bond acceptors (Lipinski definition) is 4. The summed E-state index contributed by atoms with van der Waals surface area (Å²) in [6, 6.07) is 12.3. The Balaban J connectivity index is 1.85. The van der Waals surface area contributed by atoms with Crippen LogP contribution in [0.4, 0.5) is 0 Å². The summed E-state index contributed by atoms with van der Waals surface area (Å²) in [5, 5.41) is 2.54. The Hall–Kier alpha value is -1.50. The van der Waals surface area contributed by atoms with Gasteiger partial charge in [-0.3, -0.25) is 0 Å². The molecule has 30 heavy (non-hydrogen) atoms. The van der Waals surface area contributed by atoms with Gasteiger partial charge in [-0.2, -0.15) is 0 Å². The van der Waals surface area contributed by atoms with Crippen LogP contribution in [0.5, 0.6) is 23.0 Å². The molecule has 2 aliphatic rings. The molecular formula is C24H32O4P2. The molecule has 2 aromatic carbocycles. The molecule has 4 rings (SSSR count). The van der Waals surface area contributed by atoms with Crippen LogP contribution >= 0.6 is 15.8 Å². The van der Waals surface area contributed by atoms with Crippen molar-refractivity contribution in [3.63, 3.8) is 0 Å². The zero-order valence-electron chi connectivity index (χ0n) is 19.1. The van der Waals surface area contributed by atoms with Crippen molar-refractivity contribution in [3.05, 3.63) is 36.4 Å². The molecular weight excluding hydrogens is 414 g/mol. The van der Waals surface area contributed by atoms with Gasteiger partial charge >= 0.3 is 0 Å². The van der Waals surface area contributed by atoms with Crippen LogP contribution in [-0.4, -0.2) is 36.2 Å². The van der Waals surface area contributed by atoms with Crippen LogP contribution in [0.2, 0.25) is 0 Å². The number of rotatable bonds is 3. The summed E-state index contributed by atoms with van der Waals surface area (Å²) in [7, 11) is 2.11. The normalized spacial score (nSPS) is 25.2. The van der Waals surface area contributed by atoms with Crippen LogP contribution in [0.15, 0.2) is 36.4 Å². The lowest BCUT2D eigenvalue weighted by Crippen LogP contribution is -2.38. The Labute approximate surface area is 182 Å².